The Labute approximate surface area is 88.1 Å². The number of anilines is 2. The fourth-order valence-electron chi connectivity index (χ4n) is 1.51. The van der Waals surface area contributed by atoms with E-state index in [9.17, 15) is 18.0 Å². The predicted octanol–water partition coefficient (Wildman–Crippen LogP) is 1.87. The topological polar surface area (TPSA) is 61.4 Å². The summed E-state index contributed by atoms with van der Waals surface area (Å²) < 4.78 is 38.2. The zero-order valence-corrected chi connectivity index (χ0v) is 7.80. The lowest BCUT2D eigenvalue weighted by atomic mass is 10.1. The van der Waals surface area contributed by atoms with Gasteiger partial charge in [-0.1, -0.05) is 12.1 Å². The smallest absolute Gasteiger partial charge is 0.441 e. The van der Waals surface area contributed by atoms with Gasteiger partial charge < -0.3 is 15.7 Å². The Hall–Kier alpha value is -1.92. The third kappa shape index (κ3) is 1.28. The van der Waals surface area contributed by atoms with Crippen molar-refractivity contribution < 1.29 is 23.1 Å². The third-order valence-electron chi connectivity index (χ3n) is 2.32. The van der Waals surface area contributed by atoms with Crippen LogP contribution in [-0.4, -0.2) is 22.9 Å². The number of nitrogens with one attached hydrogen (secondary N) is 2. The zero-order valence-electron chi connectivity index (χ0n) is 7.80. The summed E-state index contributed by atoms with van der Waals surface area (Å²) in [5, 5.41) is 12.6. The summed E-state index contributed by atoms with van der Waals surface area (Å²) in [6.07, 6.45) is -4.95. The Morgan fingerprint density at radius 1 is 1.19 bits per heavy atom. The maximum atomic E-state index is 12.7. The number of benzene rings is 1. The second-order valence-electron chi connectivity index (χ2n) is 3.35. The summed E-state index contributed by atoms with van der Waals surface area (Å²) in [7, 11) is 0. The average molecular weight is 232 g/mol. The molecule has 1 aliphatic heterocycles. The van der Waals surface area contributed by atoms with Crippen LogP contribution in [0.1, 0.15) is 0 Å². The number of para-hydroxylation sites is 2. The molecule has 3 N–H and O–H groups in total. The lowest BCUT2D eigenvalue weighted by Gasteiger charge is -2.28. The molecular formula is C9H7F3N2O2. The molecule has 0 spiro atoms. The van der Waals surface area contributed by atoms with Gasteiger partial charge in [-0.3, -0.25) is 0 Å². The summed E-state index contributed by atoms with van der Waals surface area (Å²) >= 11 is 0. The van der Waals surface area contributed by atoms with Gasteiger partial charge in [0.15, 0.2) is 0 Å². The van der Waals surface area contributed by atoms with Crippen molar-refractivity contribution in [2.24, 2.45) is 0 Å². The standard InChI is InChI=1S/C9H7F3N2O2/c10-9(11,12)8(7(15)16)13-5-3-1-2-4-6(5)14-8/h1-4,13-14H,(H,15,16). The van der Waals surface area contributed by atoms with Gasteiger partial charge >= 0.3 is 17.8 Å². The Morgan fingerprint density at radius 2 is 1.62 bits per heavy atom. The second-order valence-corrected chi connectivity index (χ2v) is 3.35. The number of carboxylic acid groups (broad SMARTS) is 1. The van der Waals surface area contributed by atoms with E-state index in [1.54, 1.807) is 0 Å². The third-order valence-corrected chi connectivity index (χ3v) is 2.32. The molecule has 1 aromatic carbocycles. The summed E-state index contributed by atoms with van der Waals surface area (Å²) in [5.41, 5.74) is -2.92. The molecule has 1 heterocycles. The number of carbonyl (C=O) groups is 1. The fraction of sp³-hybridized carbons (Fsp3) is 0.222. The number of fused-ring (bicyclic) bond motifs is 1. The van der Waals surface area contributed by atoms with Gasteiger partial charge in [-0.2, -0.15) is 13.2 Å². The molecule has 4 nitrogen and oxygen atoms in total. The molecule has 1 aromatic rings. The molecule has 0 aliphatic carbocycles. The van der Waals surface area contributed by atoms with Crippen LogP contribution < -0.4 is 10.6 Å². The van der Waals surface area contributed by atoms with Gasteiger partial charge in [0, 0.05) is 0 Å². The van der Waals surface area contributed by atoms with E-state index in [4.69, 9.17) is 5.11 Å². The molecule has 0 saturated carbocycles. The SMILES string of the molecule is O=C(O)C1(C(F)(F)F)Nc2ccccc2N1. The van der Waals surface area contributed by atoms with Crippen LogP contribution in [0.15, 0.2) is 24.3 Å². The number of hydrogen-bond donors (Lipinski definition) is 3. The molecule has 0 amide bonds. The quantitative estimate of drug-likeness (QED) is 0.691. The van der Waals surface area contributed by atoms with E-state index in [1.165, 1.54) is 24.3 Å². The van der Waals surface area contributed by atoms with Crippen LogP contribution in [0.3, 0.4) is 0 Å². The van der Waals surface area contributed by atoms with E-state index in [-0.39, 0.29) is 11.4 Å². The first-order chi connectivity index (χ1) is 7.37. The first-order valence-electron chi connectivity index (χ1n) is 4.32. The number of aliphatic carboxylic acids is 1. The zero-order chi connectivity index (χ0) is 12.0. The molecule has 0 fully saturated rings. The molecule has 16 heavy (non-hydrogen) atoms. The molecule has 0 bridgehead atoms. The highest BCUT2D eigenvalue weighted by atomic mass is 19.4. The molecule has 0 radical (unpaired) electrons. The Morgan fingerprint density at radius 3 is 1.94 bits per heavy atom. The molecule has 0 saturated heterocycles. The highest BCUT2D eigenvalue weighted by Gasteiger charge is 2.64. The highest BCUT2D eigenvalue weighted by Crippen LogP contribution is 2.42. The first kappa shape index (κ1) is 10.6. The van der Waals surface area contributed by atoms with Gasteiger partial charge in [0.25, 0.3) is 0 Å². The fourth-order valence-corrected chi connectivity index (χ4v) is 1.51. The summed E-state index contributed by atoms with van der Waals surface area (Å²) in [6.45, 7) is 0. The summed E-state index contributed by atoms with van der Waals surface area (Å²) in [5.74, 6) is -2.02. The number of rotatable bonds is 1. The largest absolute Gasteiger partial charge is 0.478 e. The molecule has 2 rings (SSSR count). The van der Waals surface area contributed by atoms with Crippen LogP contribution in [0.25, 0.3) is 0 Å². The van der Waals surface area contributed by atoms with Crippen LogP contribution in [0.5, 0.6) is 0 Å². The predicted molar refractivity (Wildman–Crippen MR) is 50.1 cm³/mol. The average Bonchev–Trinajstić information content (AvgIpc) is 2.56. The van der Waals surface area contributed by atoms with Crippen molar-refractivity contribution in [3.8, 4) is 0 Å². The van der Waals surface area contributed by atoms with E-state index in [2.05, 4.69) is 0 Å². The lowest BCUT2D eigenvalue weighted by Crippen LogP contribution is -2.61. The molecule has 0 atom stereocenters. The number of alkyl halides is 3. The van der Waals surface area contributed by atoms with Crippen molar-refractivity contribution in [3.63, 3.8) is 0 Å². The van der Waals surface area contributed by atoms with Crippen molar-refractivity contribution in [2.45, 2.75) is 11.8 Å². The number of halogens is 3. The van der Waals surface area contributed by atoms with Gasteiger partial charge in [0.1, 0.15) is 0 Å². The number of hydrogen-bond acceptors (Lipinski definition) is 3. The molecule has 1 aliphatic rings. The number of carboxylic acids is 1. The van der Waals surface area contributed by atoms with Crippen molar-refractivity contribution in [1.29, 1.82) is 0 Å². The van der Waals surface area contributed by atoms with E-state index in [0.717, 1.165) is 0 Å². The Bertz CT molecular complexity index is 420. The van der Waals surface area contributed by atoms with Crippen molar-refractivity contribution in [1.82, 2.24) is 0 Å². The van der Waals surface area contributed by atoms with Crippen LogP contribution in [0.4, 0.5) is 24.5 Å². The minimum Gasteiger partial charge on any atom is -0.478 e. The first-order valence-corrected chi connectivity index (χ1v) is 4.32. The van der Waals surface area contributed by atoms with Gasteiger partial charge in [-0.25, -0.2) is 4.79 Å². The van der Waals surface area contributed by atoms with Gasteiger partial charge in [-0.05, 0) is 12.1 Å². The van der Waals surface area contributed by atoms with E-state index >= 15 is 0 Å². The normalized spacial score (nSPS) is 17.2. The van der Waals surface area contributed by atoms with Crippen molar-refractivity contribution in [3.05, 3.63) is 24.3 Å². The highest BCUT2D eigenvalue weighted by molar-refractivity contribution is 5.94. The molecular weight excluding hydrogens is 225 g/mol. The van der Waals surface area contributed by atoms with Crippen molar-refractivity contribution in [2.75, 3.05) is 10.6 Å². The van der Waals surface area contributed by atoms with E-state index in [0.29, 0.717) is 0 Å². The molecule has 0 aromatic heterocycles. The molecule has 0 unspecified atom stereocenters. The van der Waals surface area contributed by atoms with Crippen molar-refractivity contribution >= 4 is 17.3 Å². The Kier molecular flexibility index (Phi) is 2.01. The van der Waals surface area contributed by atoms with Gasteiger partial charge in [0.2, 0.25) is 0 Å². The van der Waals surface area contributed by atoms with Crippen LogP contribution in [-0.2, 0) is 4.79 Å². The monoisotopic (exact) mass is 232 g/mol. The second kappa shape index (κ2) is 3.03. The minimum atomic E-state index is -4.95. The maximum absolute atomic E-state index is 12.7. The van der Waals surface area contributed by atoms with E-state index in [1.807, 2.05) is 10.6 Å². The summed E-state index contributed by atoms with van der Waals surface area (Å²) in [4.78, 5) is 10.8. The van der Waals surface area contributed by atoms with Gasteiger partial charge in [0.05, 0.1) is 11.4 Å². The van der Waals surface area contributed by atoms with E-state index < -0.39 is 17.8 Å². The van der Waals surface area contributed by atoms with Gasteiger partial charge in [-0.15, -0.1) is 0 Å². The lowest BCUT2D eigenvalue weighted by molar-refractivity contribution is -0.189. The molecule has 86 valence electrons. The van der Waals surface area contributed by atoms with Crippen LogP contribution in [0.2, 0.25) is 0 Å². The van der Waals surface area contributed by atoms with Crippen LogP contribution in [0, 0.1) is 0 Å². The maximum Gasteiger partial charge on any atom is 0.441 e. The minimum absolute atomic E-state index is 0.113. The molecule has 7 heteroatoms. The Balaban J connectivity index is 2.47. The summed E-state index contributed by atoms with van der Waals surface area (Å²) in [6, 6.07) is 5.78. The van der Waals surface area contributed by atoms with Crippen LogP contribution >= 0.6 is 0 Å².